The zero-order chi connectivity index (χ0) is 13.7. The number of rotatable bonds is 4. The van der Waals surface area contributed by atoms with Gasteiger partial charge >= 0.3 is 0 Å². The summed E-state index contributed by atoms with van der Waals surface area (Å²) in [6.07, 6.45) is 0. The number of nitriles is 1. The van der Waals surface area contributed by atoms with Crippen LogP contribution in [0.15, 0.2) is 46.9 Å². The Hall–Kier alpha value is -1.99. The molecule has 1 N–H and O–H groups in total. The third kappa shape index (κ3) is 3.49. The van der Waals surface area contributed by atoms with E-state index >= 15 is 0 Å². The van der Waals surface area contributed by atoms with E-state index in [1.807, 2.05) is 36.4 Å². The average molecular weight is 317 g/mol. The Bertz CT molecular complexity index is 603. The highest BCUT2D eigenvalue weighted by atomic mass is 79.9. The van der Waals surface area contributed by atoms with Crippen molar-refractivity contribution < 1.29 is 4.74 Å². The van der Waals surface area contributed by atoms with Crippen molar-refractivity contribution in [1.82, 2.24) is 0 Å². The van der Waals surface area contributed by atoms with Crippen molar-refractivity contribution in [2.24, 2.45) is 0 Å². The van der Waals surface area contributed by atoms with Crippen molar-refractivity contribution in [3.05, 3.63) is 58.1 Å². The second-order valence-corrected chi connectivity index (χ2v) is 4.86. The largest absolute Gasteiger partial charge is 0.497 e. The minimum absolute atomic E-state index is 0.634. The van der Waals surface area contributed by atoms with Gasteiger partial charge in [-0.05, 0) is 51.8 Å². The van der Waals surface area contributed by atoms with E-state index in [1.54, 1.807) is 13.2 Å². The van der Waals surface area contributed by atoms with Gasteiger partial charge in [0.1, 0.15) is 11.8 Å². The van der Waals surface area contributed by atoms with E-state index in [0.29, 0.717) is 5.56 Å². The molecule has 19 heavy (non-hydrogen) atoms. The van der Waals surface area contributed by atoms with E-state index in [2.05, 4.69) is 27.3 Å². The summed E-state index contributed by atoms with van der Waals surface area (Å²) >= 11 is 3.37. The number of halogens is 1. The Labute approximate surface area is 121 Å². The van der Waals surface area contributed by atoms with Crippen LogP contribution in [0.3, 0.4) is 0 Å². The highest BCUT2D eigenvalue weighted by Gasteiger charge is 2.00. The molecule has 0 bridgehead atoms. The molecule has 0 aliphatic carbocycles. The predicted octanol–water partition coefficient (Wildman–Crippen LogP) is 3.94. The number of methoxy groups -OCH3 is 1. The molecule has 96 valence electrons. The molecule has 2 aromatic rings. The summed E-state index contributed by atoms with van der Waals surface area (Å²) in [5.74, 6) is 0.852. The number of nitrogens with one attached hydrogen (secondary N) is 1. The molecule has 4 heteroatoms. The summed E-state index contributed by atoms with van der Waals surface area (Å²) in [5.41, 5.74) is 2.78. The molecule has 2 rings (SSSR count). The maximum absolute atomic E-state index is 8.85. The molecule has 2 aromatic carbocycles. The lowest BCUT2D eigenvalue weighted by Gasteiger charge is -2.08. The fraction of sp³-hybridized carbons (Fsp3) is 0.133. The van der Waals surface area contributed by atoms with Gasteiger partial charge in [-0.15, -0.1) is 0 Å². The second-order valence-electron chi connectivity index (χ2n) is 4.01. The van der Waals surface area contributed by atoms with Crippen LogP contribution in [0.5, 0.6) is 5.75 Å². The van der Waals surface area contributed by atoms with Gasteiger partial charge in [0.25, 0.3) is 0 Å². The lowest BCUT2D eigenvalue weighted by Crippen LogP contribution is -1.99. The summed E-state index contributed by atoms with van der Waals surface area (Å²) in [6, 6.07) is 15.6. The van der Waals surface area contributed by atoms with Crippen LogP contribution in [0.1, 0.15) is 11.1 Å². The molecule has 0 amide bonds. The summed E-state index contributed by atoms with van der Waals surface area (Å²) < 4.78 is 5.92. The first-order chi connectivity index (χ1) is 9.22. The van der Waals surface area contributed by atoms with E-state index in [4.69, 9.17) is 10.00 Å². The van der Waals surface area contributed by atoms with Crippen LogP contribution in [-0.2, 0) is 6.54 Å². The van der Waals surface area contributed by atoms with Crippen molar-refractivity contribution in [3.8, 4) is 11.8 Å². The molecular weight excluding hydrogens is 304 g/mol. The molecule has 0 spiro atoms. The van der Waals surface area contributed by atoms with Gasteiger partial charge in [0.05, 0.1) is 12.7 Å². The normalized spacial score (nSPS) is 9.74. The SMILES string of the molecule is COc1ccc(CNc2ccc(C#N)c(Br)c2)cc1. The van der Waals surface area contributed by atoms with E-state index in [1.165, 1.54) is 5.56 Å². The number of benzene rings is 2. The van der Waals surface area contributed by atoms with Gasteiger partial charge in [-0.25, -0.2) is 0 Å². The van der Waals surface area contributed by atoms with Crippen molar-refractivity contribution in [2.75, 3.05) is 12.4 Å². The molecule has 0 saturated heterocycles. The van der Waals surface area contributed by atoms with Gasteiger partial charge in [-0.2, -0.15) is 5.26 Å². The van der Waals surface area contributed by atoms with Crippen molar-refractivity contribution in [2.45, 2.75) is 6.54 Å². The summed E-state index contributed by atoms with van der Waals surface area (Å²) in [4.78, 5) is 0. The molecule has 0 atom stereocenters. The fourth-order valence-corrected chi connectivity index (χ4v) is 2.13. The second kappa shape index (κ2) is 6.26. The Kier molecular flexibility index (Phi) is 4.43. The Morgan fingerprint density at radius 3 is 2.53 bits per heavy atom. The molecular formula is C15H13BrN2O. The molecule has 3 nitrogen and oxygen atoms in total. The molecule has 0 heterocycles. The quantitative estimate of drug-likeness (QED) is 0.929. The molecule has 0 radical (unpaired) electrons. The van der Waals surface area contributed by atoms with Gasteiger partial charge in [-0.1, -0.05) is 12.1 Å². The first kappa shape index (κ1) is 13.4. The van der Waals surface area contributed by atoms with E-state index in [-0.39, 0.29) is 0 Å². The molecule has 0 unspecified atom stereocenters. The fourth-order valence-electron chi connectivity index (χ4n) is 1.66. The average Bonchev–Trinajstić information content (AvgIpc) is 2.46. The zero-order valence-corrected chi connectivity index (χ0v) is 12.1. The van der Waals surface area contributed by atoms with Gasteiger partial charge in [0.2, 0.25) is 0 Å². The monoisotopic (exact) mass is 316 g/mol. The number of hydrogen-bond donors (Lipinski definition) is 1. The topological polar surface area (TPSA) is 45.0 Å². The maximum Gasteiger partial charge on any atom is 0.118 e. The van der Waals surface area contributed by atoms with Crippen LogP contribution in [0, 0.1) is 11.3 Å². The van der Waals surface area contributed by atoms with E-state index in [0.717, 1.165) is 22.5 Å². The molecule has 0 aliphatic rings. The van der Waals surface area contributed by atoms with E-state index in [9.17, 15) is 0 Å². The minimum Gasteiger partial charge on any atom is -0.497 e. The van der Waals surface area contributed by atoms with Crippen molar-refractivity contribution >= 4 is 21.6 Å². The first-order valence-corrected chi connectivity index (χ1v) is 6.58. The van der Waals surface area contributed by atoms with Crippen LogP contribution in [0.4, 0.5) is 5.69 Å². The van der Waals surface area contributed by atoms with Crippen LogP contribution >= 0.6 is 15.9 Å². The third-order valence-electron chi connectivity index (χ3n) is 2.75. The van der Waals surface area contributed by atoms with E-state index < -0.39 is 0 Å². The zero-order valence-electron chi connectivity index (χ0n) is 10.5. The Balaban J connectivity index is 2.02. The highest BCUT2D eigenvalue weighted by Crippen LogP contribution is 2.21. The molecule has 0 saturated carbocycles. The van der Waals surface area contributed by atoms with Crippen LogP contribution in [-0.4, -0.2) is 7.11 Å². The first-order valence-electron chi connectivity index (χ1n) is 5.79. The maximum atomic E-state index is 8.85. The lowest BCUT2D eigenvalue weighted by atomic mass is 10.2. The highest BCUT2D eigenvalue weighted by molar-refractivity contribution is 9.10. The Morgan fingerprint density at radius 1 is 1.21 bits per heavy atom. The molecule has 0 fully saturated rings. The number of ether oxygens (including phenoxy) is 1. The molecule has 0 aliphatic heterocycles. The summed E-state index contributed by atoms with van der Waals surface area (Å²) in [5, 5.41) is 12.2. The van der Waals surface area contributed by atoms with Crippen LogP contribution in [0.25, 0.3) is 0 Å². The number of nitrogens with zero attached hydrogens (tertiary/aromatic N) is 1. The van der Waals surface area contributed by atoms with Crippen LogP contribution < -0.4 is 10.1 Å². The van der Waals surface area contributed by atoms with Crippen molar-refractivity contribution in [3.63, 3.8) is 0 Å². The van der Waals surface area contributed by atoms with Gasteiger partial charge < -0.3 is 10.1 Å². The molecule has 0 aromatic heterocycles. The standard InChI is InChI=1S/C15H13BrN2O/c1-19-14-6-2-11(3-7-14)10-18-13-5-4-12(9-17)15(16)8-13/h2-8,18H,10H2,1H3. The van der Waals surface area contributed by atoms with Crippen LogP contribution in [0.2, 0.25) is 0 Å². The van der Waals surface area contributed by atoms with Gasteiger partial charge in [0.15, 0.2) is 0 Å². The Morgan fingerprint density at radius 2 is 1.95 bits per heavy atom. The third-order valence-corrected chi connectivity index (χ3v) is 3.40. The van der Waals surface area contributed by atoms with Gasteiger partial charge in [-0.3, -0.25) is 0 Å². The summed E-state index contributed by atoms with van der Waals surface area (Å²) in [7, 11) is 1.65. The lowest BCUT2D eigenvalue weighted by molar-refractivity contribution is 0.414. The summed E-state index contributed by atoms with van der Waals surface area (Å²) in [6.45, 7) is 0.725. The minimum atomic E-state index is 0.634. The van der Waals surface area contributed by atoms with Crippen molar-refractivity contribution in [1.29, 1.82) is 5.26 Å². The predicted molar refractivity (Wildman–Crippen MR) is 79.2 cm³/mol. The number of anilines is 1. The number of hydrogen-bond acceptors (Lipinski definition) is 3. The van der Waals surface area contributed by atoms with Gasteiger partial charge in [0, 0.05) is 16.7 Å². The smallest absolute Gasteiger partial charge is 0.118 e.